The molecule has 1 amide bonds. The van der Waals surface area contributed by atoms with Crippen molar-refractivity contribution in [2.45, 2.75) is 39.8 Å². The summed E-state index contributed by atoms with van der Waals surface area (Å²) in [5, 5.41) is 6.38. The van der Waals surface area contributed by atoms with Crippen LogP contribution < -0.4 is 10.6 Å². The number of nitrogens with zero attached hydrogens (tertiary/aromatic N) is 2. The van der Waals surface area contributed by atoms with Gasteiger partial charge in [0.15, 0.2) is 5.96 Å². The first kappa shape index (κ1) is 22.8. The van der Waals surface area contributed by atoms with Gasteiger partial charge in [-0.2, -0.15) is 0 Å². The van der Waals surface area contributed by atoms with Gasteiger partial charge in [-0.1, -0.05) is 42.8 Å². The zero-order chi connectivity index (χ0) is 22.2. The standard InChI is InChI=1S/C25H34N4O2/c1-5-11-27-24(30)21-8-6-7-20(15-21)16-28-25(26-4)29-12-13-31-23(17-29)22-10-9-18(2)14-19(22)3/h6-10,14-15,23H,5,11-13,16-17H2,1-4H3,(H,26,28)(H,27,30). The first-order chi connectivity index (χ1) is 15.0. The molecule has 0 saturated carbocycles. The Morgan fingerprint density at radius 1 is 1.19 bits per heavy atom. The van der Waals surface area contributed by atoms with Crippen molar-refractivity contribution in [3.63, 3.8) is 0 Å². The van der Waals surface area contributed by atoms with E-state index in [-0.39, 0.29) is 12.0 Å². The summed E-state index contributed by atoms with van der Waals surface area (Å²) < 4.78 is 6.08. The quantitative estimate of drug-likeness (QED) is 0.552. The van der Waals surface area contributed by atoms with Gasteiger partial charge in [0.2, 0.25) is 0 Å². The molecule has 2 aromatic rings. The molecule has 3 rings (SSSR count). The summed E-state index contributed by atoms with van der Waals surface area (Å²) in [6, 6.07) is 14.2. The van der Waals surface area contributed by atoms with Crippen LogP contribution in [0.1, 0.15) is 52.1 Å². The minimum absolute atomic E-state index is 0.0264. The van der Waals surface area contributed by atoms with Gasteiger partial charge in [0.05, 0.1) is 13.2 Å². The van der Waals surface area contributed by atoms with E-state index in [1.54, 1.807) is 7.05 Å². The molecule has 0 radical (unpaired) electrons. The third-order valence-corrected chi connectivity index (χ3v) is 5.53. The Kier molecular flexibility index (Phi) is 8.06. The summed E-state index contributed by atoms with van der Waals surface area (Å²) in [5.41, 5.74) is 5.48. The van der Waals surface area contributed by atoms with Crippen molar-refractivity contribution >= 4 is 11.9 Å². The fourth-order valence-corrected chi connectivity index (χ4v) is 3.89. The Morgan fingerprint density at radius 3 is 2.77 bits per heavy atom. The molecule has 0 aromatic heterocycles. The van der Waals surface area contributed by atoms with Gasteiger partial charge in [-0.05, 0) is 49.1 Å². The van der Waals surface area contributed by atoms with Gasteiger partial charge in [-0.3, -0.25) is 9.79 Å². The maximum Gasteiger partial charge on any atom is 0.251 e. The second-order valence-corrected chi connectivity index (χ2v) is 8.02. The van der Waals surface area contributed by atoms with E-state index in [0.29, 0.717) is 25.3 Å². The second-order valence-electron chi connectivity index (χ2n) is 8.02. The van der Waals surface area contributed by atoms with Crippen LogP contribution in [0.15, 0.2) is 47.5 Å². The molecular formula is C25H34N4O2. The molecule has 0 aliphatic carbocycles. The molecule has 1 aliphatic rings. The number of amides is 1. The zero-order valence-corrected chi connectivity index (χ0v) is 19.1. The summed E-state index contributed by atoms with van der Waals surface area (Å²) in [7, 11) is 1.80. The number of benzene rings is 2. The summed E-state index contributed by atoms with van der Waals surface area (Å²) in [6.07, 6.45) is 0.949. The normalized spacial score (nSPS) is 16.8. The number of hydrogen-bond acceptors (Lipinski definition) is 3. The molecule has 1 aliphatic heterocycles. The predicted octanol–water partition coefficient (Wildman–Crippen LogP) is 3.59. The Morgan fingerprint density at radius 2 is 2.03 bits per heavy atom. The molecular weight excluding hydrogens is 388 g/mol. The smallest absolute Gasteiger partial charge is 0.251 e. The van der Waals surface area contributed by atoms with Gasteiger partial charge in [0.1, 0.15) is 6.10 Å². The zero-order valence-electron chi connectivity index (χ0n) is 19.1. The average molecular weight is 423 g/mol. The fraction of sp³-hybridized carbons (Fsp3) is 0.440. The van der Waals surface area contributed by atoms with Gasteiger partial charge in [-0.15, -0.1) is 0 Å². The molecule has 0 bridgehead atoms. The predicted molar refractivity (Wildman–Crippen MR) is 125 cm³/mol. The topological polar surface area (TPSA) is 66.0 Å². The van der Waals surface area contributed by atoms with E-state index in [1.807, 2.05) is 31.2 Å². The summed E-state index contributed by atoms with van der Waals surface area (Å²) >= 11 is 0. The highest BCUT2D eigenvalue weighted by Crippen LogP contribution is 2.26. The molecule has 6 nitrogen and oxygen atoms in total. The van der Waals surface area contributed by atoms with Gasteiger partial charge >= 0.3 is 0 Å². The highest BCUT2D eigenvalue weighted by Gasteiger charge is 2.25. The molecule has 2 aromatic carbocycles. The minimum Gasteiger partial charge on any atom is -0.370 e. The van der Waals surface area contributed by atoms with E-state index < -0.39 is 0 Å². The van der Waals surface area contributed by atoms with Crippen LogP contribution in [-0.2, 0) is 11.3 Å². The number of aliphatic imine (C=N–C) groups is 1. The molecule has 1 heterocycles. The highest BCUT2D eigenvalue weighted by atomic mass is 16.5. The van der Waals surface area contributed by atoms with Crippen LogP contribution in [0, 0.1) is 13.8 Å². The third-order valence-electron chi connectivity index (χ3n) is 5.53. The maximum absolute atomic E-state index is 12.2. The lowest BCUT2D eigenvalue weighted by Gasteiger charge is -2.36. The molecule has 1 saturated heterocycles. The minimum atomic E-state index is -0.0300. The Hall–Kier alpha value is -2.86. The van der Waals surface area contributed by atoms with Crippen molar-refractivity contribution < 1.29 is 9.53 Å². The fourth-order valence-electron chi connectivity index (χ4n) is 3.89. The molecule has 1 fully saturated rings. The molecule has 31 heavy (non-hydrogen) atoms. The van der Waals surface area contributed by atoms with E-state index in [2.05, 4.69) is 52.6 Å². The van der Waals surface area contributed by atoms with E-state index >= 15 is 0 Å². The number of morpholine rings is 1. The Bertz CT molecular complexity index is 925. The average Bonchev–Trinajstić information content (AvgIpc) is 2.78. The van der Waals surface area contributed by atoms with Gasteiger partial charge in [0.25, 0.3) is 5.91 Å². The lowest BCUT2D eigenvalue weighted by Crippen LogP contribution is -2.48. The van der Waals surface area contributed by atoms with Gasteiger partial charge in [0, 0.05) is 32.2 Å². The van der Waals surface area contributed by atoms with Crippen LogP contribution in [-0.4, -0.2) is 50.1 Å². The van der Waals surface area contributed by atoms with Crippen LogP contribution in [0.25, 0.3) is 0 Å². The van der Waals surface area contributed by atoms with Crippen LogP contribution in [0.4, 0.5) is 0 Å². The summed E-state index contributed by atoms with van der Waals surface area (Å²) in [5.74, 6) is 0.816. The van der Waals surface area contributed by atoms with Crippen molar-refractivity contribution in [3.8, 4) is 0 Å². The lowest BCUT2D eigenvalue weighted by atomic mass is 10.00. The lowest BCUT2D eigenvalue weighted by molar-refractivity contribution is -0.00834. The number of nitrogens with one attached hydrogen (secondary N) is 2. The number of hydrogen-bond donors (Lipinski definition) is 2. The van der Waals surface area contributed by atoms with E-state index in [0.717, 1.165) is 31.0 Å². The monoisotopic (exact) mass is 422 g/mol. The first-order valence-electron chi connectivity index (χ1n) is 11.0. The number of carbonyl (C=O) groups is 1. The first-order valence-corrected chi connectivity index (χ1v) is 11.0. The summed E-state index contributed by atoms with van der Waals surface area (Å²) in [6.45, 7) is 9.79. The Balaban J connectivity index is 1.63. The van der Waals surface area contributed by atoms with E-state index in [4.69, 9.17) is 4.74 Å². The van der Waals surface area contributed by atoms with Gasteiger partial charge in [-0.25, -0.2) is 0 Å². The number of aryl methyl sites for hydroxylation is 2. The van der Waals surface area contributed by atoms with Crippen molar-refractivity contribution in [2.75, 3.05) is 33.3 Å². The molecule has 6 heteroatoms. The van der Waals surface area contributed by atoms with Crippen LogP contribution in [0.2, 0.25) is 0 Å². The molecule has 0 spiro atoms. The maximum atomic E-state index is 12.2. The van der Waals surface area contributed by atoms with Crippen molar-refractivity contribution in [2.24, 2.45) is 4.99 Å². The van der Waals surface area contributed by atoms with Crippen LogP contribution in [0.5, 0.6) is 0 Å². The summed E-state index contributed by atoms with van der Waals surface area (Å²) in [4.78, 5) is 19.0. The second kappa shape index (κ2) is 11.0. The molecule has 2 N–H and O–H groups in total. The molecule has 1 atom stereocenters. The SMILES string of the molecule is CCCNC(=O)c1cccc(CNC(=NC)N2CCOC(c3ccc(C)cc3C)C2)c1. The molecule has 1 unspecified atom stereocenters. The third kappa shape index (κ3) is 6.07. The number of carbonyl (C=O) groups excluding carboxylic acids is 1. The van der Waals surface area contributed by atoms with Crippen molar-refractivity contribution in [1.29, 1.82) is 0 Å². The van der Waals surface area contributed by atoms with Crippen molar-refractivity contribution in [3.05, 3.63) is 70.3 Å². The number of rotatable bonds is 6. The number of guanidine groups is 1. The van der Waals surface area contributed by atoms with E-state index in [1.165, 1.54) is 16.7 Å². The van der Waals surface area contributed by atoms with Gasteiger partial charge < -0.3 is 20.3 Å². The van der Waals surface area contributed by atoms with Crippen molar-refractivity contribution in [1.82, 2.24) is 15.5 Å². The van der Waals surface area contributed by atoms with Crippen LogP contribution >= 0.6 is 0 Å². The number of ether oxygens (including phenoxy) is 1. The Labute approximate surface area is 185 Å². The highest BCUT2D eigenvalue weighted by molar-refractivity contribution is 5.94. The van der Waals surface area contributed by atoms with Crippen LogP contribution in [0.3, 0.4) is 0 Å². The molecule has 166 valence electrons. The van der Waals surface area contributed by atoms with E-state index in [9.17, 15) is 4.79 Å². The largest absolute Gasteiger partial charge is 0.370 e.